The fraction of sp³-hybridized carbons (Fsp3) is 0.727. The number of thiazole rings is 1. The van der Waals surface area contributed by atoms with Crippen LogP contribution in [0.3, 0.4) is 0 Å². The Kier molecular flexibility index (Phi) is 4.76. The smallest absolute Gasteiger partial charge is 0.159 e. The van der Waals surface area contributed by atoms with Gasteiger partial charge in [-0.25, -0.2) is 4.98 Å². The summed E-state index contributed by atoms with van der Waals surface area (Å²) in [5.74, 6) is 0. The van der Waals surface area contributed by atoms with Crippen molar-refractivity contribution in [2.24, 2.45) is 0 Å². The van der Waals surface area contributed by atoms with Crippen LogP contribution < -0.4 is 0 Å². The predicted octanol–water partition coefficient (Wildman–Crippen LogP) is 2.43. The first-order valence-corrected chi connectivity index (χ1v) is 7.44. The van der Waals surface area contributed by atoms with E-state index in [0.717, 1.165) is 10.5 Å². The fourth-order valence-electron chi connectivity index (χ4n) is 2.08. The summed E-state index contributed by atoms with van der Waals surface area (Å²) in [5.41, 5.74) is 0. The zero-order valence-corrected chi connectivity index (χ0v) is 12.1. The van der Waals surface area contributed by atoms with Gasteiger partial charge in [0.05, 0.1) is 0 Å². The molecule has 0 unspecified atom stereocenters. The van der Waals surface area contributed by atoms with Crippen LogP contribution in [0.5, 0.6) is 0 Å². The van der Waals surface area contributed by atoms with Crippen LogP contribution in [-0.2, 0) is 6.54 Å². The molecule has 0 radical (unpaired) electrons. The number of halogens is 1. The highest BCUT2D eigenvalue weighted by atomic mass is 79.9. The highest BCUT2D eigenvalue weighted by molar-refractivity contribution is 9.11. The van der Waals surface area contributed by atoms with Gasteiger partial charge >= 0.3 is 0 Å². The Bertz CT molecular complexity index is 329. The molecule has 1 aliphatic heterocycles. The summed E-state index contributed by atoms with van der Waals surface area (Å²) in [6.45, 7) is 9.34. The summed E-state index contributed by atoms with van der Waals surface area (Å²) in [4.78, 5) is 10.7. The molecule has 16 heavy (non-hydrogen) atoms. The van der Waals surface area contributed by atoms with Gasteiger partial charge in [0.2, 0.25) is 0 Å². The van der Waals surface area contributed by atoms with Crippen molar-refractivity contribution in [2.45, 2.75) is 19.9 Å². The molecule has 1 fully saturated rings. The lowest BCUT2D eigenvalue weighted by Crippen LogP contribution is -2.30. The topological polar surface area (TPSA) is 19.4 Å². The molecule has 2 heterocycles. The van der Waals surface area contributed by atoms with Gasteiger partial charge < -0.3 is 4.90 Å². The second kappa shape index (κ2) is 6.10. The van der Waals surface area contributed by atoms with E-state index in [0.29, 0.717) is 0 Å². The molecule has 0 saturated carbocycles. The van der Waals surface area contributed by atoms with Gasteiger partial charge in [-0.15, -0.1) is 11.3 Å². The first-order chi connectivity index (χ1) is 7.78. The van der Waals surface area contributed by atoms with Gasteiger partial charge in [0.1, 0.15) is 0 Å². The summed E-state index contributed by atoms with van der Waals surface area (Å²) in [5, 5.41) is 0. The standard InChI is InChI=1S/C11H18BrN3S/c1-2-14-4-3-5-15(7-6-14)9-10-8-13-11(12)16-10/h8H,2-7,9H2,1H3. The quantitative estimate of drug-likeness (QED) is 0.855. The van der Waals surface area contributed by atoms with Crippen molar-refractivity contribution in [1.82, 2.24) is 14.8 Å². The molecule has 3 nitrogen and oxygen atoms in total. The van der Waals surface area contributed by atoms with Crippen LogP contribution in [0.4, 0.5) is 0 Å². The van der Waals surface area contributed by atoms with E-state index in [1.807, 2.05) is 6.20 Å². The molecule has 0 atom stereocenters. The number of aromatic nitrogens is 1. The molecule has 0 bridgehead atoms. The van der Waals surface area contributed by atoms with Crippen LogP contribution in [0.25, 0.3) is 0 Å². The van der Waals surface area contributed by atoms with Crippen LogP contribution in [-0.4, -0.2) is 47.5 Å². The van der Waals surface area contributed by atoms with Crippen molar-refractivity contribution in [3.05, 3.63) is 15.0 Å². The Hall–Kier alpha value is 0.0300. The van der Waals surface area contributed by atoms with Crippen molar-refractivity contribution in [1.29, 1.82) is 0 Å². The van der Waals surface area contributed by atoms with Crippen LogP contribution >= 0.6 is 27.3 Å². The van der Waals surface area contributed by atoms with Gasteiger partial charge in [0.15, 0.2) is 3.92 Å². The maximum Gasteiger partial charge on any atom is 0.159 e. The molecular weight excluding hydrogens is 286 g/mol. The molecule has 1 aliphatic rings. The monoisotopic (exact) mass is 303 g/mol. The van der Waals surface area contributed by atoms with Gasteiger partial charge in [0.25, 0.3) is 0 Å². The predicted molar refractivity (Wildman–Crippen MR) is 71.8 cm³/mol. The molecule has 0 amide bonds. The molecule has 2 rings (SSSR count). The first kappa shape index (κ1) is 12.5. The molecule has 1 saturated heterocycles. The van der Waals surface area contributed by atoms with E-state index in [4.69, 9.17) is 0 Å². The van der Waals surface area contributed by atoms with Crippen molar-refractivity contribution >= 4 is 27.3 Å². The van der Waals surface area contributed by atoms with Gasteiger partial charge in [-0.1, -0.05) is 6.92 Å². The highest BCUT2D eigenvalue weighted by Gasteiger charge is 2.14. The summed E-state index contributed by atoms with van der Waals surface area (Å²) in [6.07, 6.45) is 3.27. The largest absolute Gasteiger partial charge is 0.302 e. The lowest BCUT2D eigenvalue weighted by molar-refractivity contribution is 0.259. The number of nitrogens with zero attached hydrogens (tertiary/aromatic N) is 3. The van der Waals surface area contributed by atoms with Crippen LogP contribution in [0.15, 0.2) is 10.1 Å². The average Bonchev–Trinajstić information content (AvgIpc) is 2.55. The lowest BCUT2D eigenvalue weighted by Gasteiger charge is -2.19. The SMILES string of the molecule is CCN1CCCN(Cc2cnc(Br)s2)CC1. The second-order valence-corrected chi connectivity index (χ2v) is 6.53. The van der Waals surface area contributed by atoms with Crippen molar-refractivity contribution < 1.29 is 0 Å². The van der Waals surface area contributed by atoms with Crippen LogP contribution in [0.2, 0.25) is 0 Å². The van der Waals surface area contributed by atoms with E-state index in [9.17, 15) is 0 Å². The number of likely N-dealkylation sites (N-methyl/N-ethyl adjacent to an activating group) is 1. The maximum absolute atomic E-state index is 4.23. The molecule has 90 valence electrons. The minimum atomic E-state index is 0.993. The molecular formula is C11H18BrN3S. The zero-order chi connectivity index (χ0) is 11.4. The van der Waals surface area contributed by atoms with Crippen molar-refractivity contribution in [3.8, 4) is 0 Å². The number of hydrogen-bond donors (Lipinski definition) is 0. The Morgan fingerprint density at radius 1 is 1.31 bits per heavy atom. The third-order valence-electron chi connectivity index (χ3n) is 3.03. The lowest BCUT2D eigenvalue weighted by atomic mass is 10.3. The number of hydrogen-bond acceptors (Lipinski definition) is 4. The third-order valence-corrected chi connectivity index (χ3v) is 4.49. The summed E-state index contributed by atoms with van der Waals surface area (Å²) in [7, 11) is 0. The average molecular weight is 304 g/mol. The van der Waals surface area contributed by atoms with Crippen molar-refractivity contribution in [2.75, 3.05) is 32.7 Å². The van der Waals surface area contributed by atoms with Gasteiger partial charge in [-0.05, 0) is 42.0 Å². The zero-order valence-electron chi connectivity index (χ0n) is 9.65. The minimum absolute atomic E-state index is 0.993. The molecule has 1 aromatic rings. The fourth-order valence-corrected chi connectivity index (χ4v) is 3.48. The highest BCUT2D eigenvalue weighted by Crippen LogP contribution is 2.20. The Morgan fingerprint density at radius 3 is 2.75 bits per heavy atom. The van der Waals surface area contributed by atoms with E-state index in [2.05, 4.69) is 37.6 Å². The molecule has 0 N–H and O–H groups in total. The third kappa shape index (κ3) is 3.52. The van der Waals surface area contributed by atoms with Gasteiger partial charge in [0, 0.05) is 30.7 Å². The Labute approximate surface area is 110 Å². The Morgan fingerprint density at radius 2 is 2.06 bits per heavy atom. The molecule has 5 heteroatoms. The molecule has 0 aromatic carbocycles. The molecule has 1 aromatic heterocycles. The van der Waals surface area contributed by atoms with Crippen molar-refractivity contribution in [3.63, 3.8) is 0 Å². The van der Waals surface area contributed by atoms with E-state index in [1.54, 1.807) is 11.3 Å². The summed E-state index contributed by atoms with van der Waals surface area (Å²) in [6, 6.07) is 0. The van der Waals surface area contributed by atoms with E-state index in [1.165, 1.54) is 44.0 Å². The molecule has 0 spiro atoms. The first-order valence-electron chi connectivity index (χ1n) is 5.83. The molecule has 0 aliphatic carbocycles. The second-order valence-electron chi connectivity index (χ2n) is 4.14. The van der Waals surface area contributed by atoms with Gasteiger partial charge in [-0.2, -0.15) is 0 Å². The summed E-state index contributed by atoms with van der Waals surface area (Å²) < 4.78 is 0.993. The van der Waals surface area contributed by atoms with Gasteiger partial charge in [-0.3, -0.25) is 4.90 Å². The Balaban J connectivity index is 1.86. The van der Waals surface area contributed by atoms with Crippen LogP contribution in [0.1, 0.15) is 18.2 Å². The van der Waals surface area contributed by atoms with E-state index < -0.39 is 0 Å². The minimum Gasteiger partial charge on any atom is -0.302 e. The van der Waals surface area contributed by atoms with E-state index >= 15 is 0 Å². The maximum atomic E-state index is 4.23. The number of rotatable bonds is 3. The van der Waals surface area contributed by atoms with E-state index in [-0.39, 0.29) is 0 Å². The van der Waals surface area contributed by atoms with Crippen LogP contribution in [0, 0.1) is 0 Å². The normalized spacial score (nSPS) is 19.9. The summed E-state index contributed by atoms with van der Waals surface area (Å²) >= 11 is 5.16.